The number of ether oxygens (including phenoxy) is 1. The third-order valence-electron chi connectivity index (χ3n) is 4.04. The maximum Gasteiger partial charge on any atom is 0.269 e. The standard InChI is InChI=1S/C22H15FN2O3/c23-21-7-3-2-6-20(21)18(14-24)13-17-5-1-4-8-22(17)28-15-16-9-11-19(12-10-16)25(26)27/h1-13H,15H2/b18-13-. The van der Waals surface area contributed by atoms with E-state index in [0.717, 1.165) is 5.56 Å². The van der Waals surface area contributed by atoms with E-state index in [1.807, 2.05) is 6.07 Å². The quantitative estimate of drug-likeness (QED) is 0.251. The number of rotatable bonds is 6. The summed E-state index contributed by atoms with van der Waals surface area (Å²) < 4.78 is 19.8. The molecule has 0 saturated heterocycles. The molecule has 28 heavy (non-hydrogen) atoms. The lowest BCUT2D eigenvalue weighted by atomic mass is 10.0. The van der Waals surface area contributed by atoms with E-state index < -0.39 is 10.7 Å². The number of nitriles is 1. The summed E-state index contributed by atoms with van der Waals surface area (Å²) in [4.78, 5) is 10.3. The first-order valence-electron chi connectivity index (χ1n) is 8.40. The molecule has 0 bridgehead atoms. The van der Waals surface area contributed by atoms with Gasteiger partial charge in [-0.2, -0.15) is 5.26 Å². The zero-order valence-corrected chi connectivity index (χ0v) is 14.7. The number of nitro groups is 1. The van der Waals surface area contributed by atoms with Gasteiger partial charge < -0.3 is 4.74 Å². The van der Waals surface area contributed by atoms with Gasteiger partial charge in [-0.3, -0.25) is 10.1 Å². The van der Waals surface area contributed by atoms with Crippen molar-refractivity contribution in [2.75, 3.05) is 0 Å². The fourth-order valence-corrected chi connectivity index (χ4v) is 2.61. The van der Waals surface area contributed by atoms with E-state index in [2.05, 4.69) is 0 Å². The highest BCUT2D eigenvalue weighted by atomic mass is 19.1. The average Bonchev–Trinajstić information content (AvgIpc) is 2.72. The SMILES string of the molecule is N#C/C(=C/c1ccccc1OCc1ccc([N+](=O)[O-])cc1)c1ccccc1F. The molecule has 5 nitrogen and oxygen atoms in total. The van der Waals surface area contributed by atoms with E-state index in [9.17, 15) is 19.8 Å². The van der Waals surface area contributed by atoms with Crippen LogP contribution in [0, 0.1) is 27.3 Å². The number of non-ortho nitro benzene ring substituents is 1. The van der Waals surface area contributed by atoms with Gasteiger partial charge in [-0.25, -0.2) is 4.39 Å². The zero-order chi connectivity index (χ0) is 19.9. The van der Waals surface area contributed by atoms with E-state index >= 15 is 0 Å². The lowest BCUT2D eigenvalue weighted by molar-refractivity contribution is -0.384. The van der Waals surface area contributed by atoms with Crippen molar-refractivity contribution < 1.29 is 14.1 Å². The molecule has 0 N–H and O–H groups in total. The molecule has 0 fully saturated rings. The summed E-state index contributed by atoms with van der Waals surface area (Å²) in [5.74, 6) is 0.0459. The molecule has 0 unspecified atom stereocenters. The number of allylic oxidation sites excluding steroid dienone is 1. The Morgan fingerprint density at radius 2 is 1.75 bits per heavy atom. The molecular weight excluding hydrogens is 359 g/mol. The first-order valence-corrected chi connectivity index (χ1v) is 8.40. The number of nitrogens with zero attached hydrogens (tertiary/aromatic N) is 2. The minimum atomic E-state index is -0.473. The molecule has 0 aromatic heterocycles. The number of hydrogen-bond donors (Lipinski definition) is 0. The molecule has 0 heterocycles. The van der Waals surface area contributed by atoms with Crippen LogP contribution in [0.25, 0.3) is 11.6 Å². The lowest BCUT2D eigenvalue weighted by Gasteiger charge is -2.10. The van der Waals surface area contributed by atoms with Crippen molar-refractivity contribution >= 4 is 17.3 Å². The molecule has 3 aromatic rings. The molecule has 0 aliphatic heterocycles. The van der Waals surface area contributed by atoms with E-state index in [0.29, 0.717) is 11.3 Å². The smallest absolute Gasteiger partial charge is 0.269 e. The third-order valence-corrected chi connectivity index (χ3v) is 4.04. The summed E-state index contributed by atoms with van der Waals surface area (Å²) in [6, 6.07) is 21.3. The minimum absolute atomic E-state index is 0.00985. The number of para-hydroxylation sites is 1. The van der Waals surface area contributed by atoms with Gasteiger partial charge in [0.2, 0.25) is 0 Å². The number of nitro benzene ring substituents is 1. The Bertz CT molecular complexity index is 1070. The molecule has 3 rings (SSSR count). The normalized spacial score (nSPS) is 10.9. The Hall–Kier alpha value is -3.98. The molecule has 0 saturated carbocycles. The maximum atomic E-state index is 14.0. The second-order valence-corrected chi connectivity index (χ2v) is 5.90. The number of halogens is 1. The van der Waals surface area contributed by atoms with Crippen LogP contribution in [0.1, 0.15) is 16.7 Å². The molecule has 0 aliphatic carbocycles. The molecule has 138 valence electrons. The van der Waals surface area contributed by atoms with Crippen LogP contribution >= 0.6 is 0 Å². The predicted octanol–water partition coefficient (Wildman–Crippen LogP) is 5.38. The monoisotopic (exact) mass is 374 g/mol. The van der Waals surface area contributed by atoms with Crippen LogP contribution in [0.4, 0.5) is 10.1 Å². The highest BCUT2D eigenvalue weighted by molar-refractivity contribution is 5.90. The van der Waals surface area contributed by atoms with Gasteiger partial charge in [0, 0.05) is 23.3 Å². The van der Waals surface area contributed by atoms with Crippen molar-refractivity contribution in [1.82, 2.24) is 0 Å². The largest absolute Gasteiger partial charge is 0.488 e. The summed E-state index contributed by atoms with van der Waals surface area (Å²) in [7, 11) is 0. The van der Waals surface area contributed by atoms with Crippen LogP contribution in [-0.2, 0) is 6.61 Å². The minimum Gasteiger partial charge on any atom is -0.488 e. The van der Waals surface area contributed by atoms with E-state index in [1.54, 1.807) is 60.7 Å². The van der Waals surface area contributed by atoms with Crippen molar-refractivity contribution in [3.8, 4) is 11.8 Å². The predicted molar refractivity (Wildman–Crippen MR) is 104 cm³/mol. The number of hydrogen-bond acceptors (Lipinski definition) is 4. The summed E-state index contributed by atoms with van der Waals surface area (Å²) in [6.07, 6.45) is 1.57. The van der Waals surface area contributed by atoms with Gasteiger partial charge in [0.1, 0.15) is 18.2 Å². The summed E-state index contributed by atoms with van der Waals surface area (Å²) in [6.45, 7) is 0.199. The first-order chi connectivity index (χ1) is 13.6. The molecule has 6 heteroatoms. The van der Waals surface area contributed by atoms with Gasteiger partial charge in [-0.05, 0) is 35.9 Å². The fraction of sp³-hybridized carbons (Fsp3) is 0.0455. The van der Waals surface area contributed by atoms with Gasteiger partial charge in [0.15, 0.2) is 0 Å². The Morgan fingerprint density at radius 3 is 2.43 bits per heavy atom. The van der Waals surface area contributed by atoms with Crippen molar-refractivity contribution in [2.45, 2.75) is 6.61 Å². The Balaban J connectivity index is 1.84. The van der Waals surface area contributed by atoms with Crippen LogP contribution in [0.2, 0.25) is 0 Å². The van der Waals surface area contributed by atoms with Crippen molar-refractivity contribution in [1.29, 1.82) is 5.26 Å². The molecule has 0 spiro atoms. The topological polar surface area (TPSA) is 76.2 Å². The number of benzene rings is 3. The van der Waals surface area contributed by atoms with Crippen molar-refractivity contribution in [2.24, 2.45) is 0 Å². The Morgan fingerprint density at radius 1 is 1.07 bits per heavy atom. The lowest BCUT2D eigenvalue weighted by Crippen LogP contribution is -1.98. The second kappa shape index (κ2) is 8.60. The third kappa shape index (κ3) is 4.40. The maximum absolute atomic E-state index is 14.0. The van der Waals surface area contributed by atoms with Crippen LogP contribution < -0.4 is 4.74 Å². The van der Waals surface area contributed by atoms with Crippen LogP contribution in [0.5, 0.6) is 5.75 Å². The first kappa shape index (κ1) is 18.8. The van der Waals surface area contributed by atoms with Crippen molar-refractivity contribution in [3.63, 3.8) is 0 Å². The van der Waals surface area contributed by atoms with Crippen LogP contribution in [0.15, 0.2) is 72.8 Å². The highest BCUT2D eigenvalue weighted by Crippen LogP contribution is 2.26. The molecule has 3 aromatic carbocycles. The van der Waals surface area contributed by atoms with Gasteiger partial charge in [-0.1, -0.05) is 36.4 Å². The summed E-state index contributed by atoms with van der Waals surface area (Å²) in [5.41, 5.74) is 1.80. The average molecular weight is 374 g/mol. The molecular formula is C22H15FN2O3. The second-order valence-electron chi connectivity index (χ2n) is 5.90. The van der Waals surface area contributed by atoms with Crippen molar-refractivity contribution in [3.05, 3.63) is 105 Å². The molecule has 0 atom stereocenters. The summed E-state index contributed by atoms with van der Waals surface area (Å²) >= 11 is 0. The molecule has 0 aliphatic rings. The van der Waals surface area contributed by atoms with Gasteiger partial charge >= 0.3 is 0 Å². The molecule has 0 radical (unpaired) electrons. The Kier molecular flexibility index (Phi) is 5.78. The van der Waals surface area contributed by atoms with E-state index in [1.165, 1.54) is 18.2 Å². The van der Waals surface area contributed by atoms with Gasteiger partial charge in [0.05, 0.1) is 16.6 Å². The molecule has 0 amide bonds. The fourth-order valence-electron chi connectivity index (χ4n) is 2.61. The van der Waals surface area contributed by atoms with Crippen LogP contribution in [0.3, 0.4) is 0 Å². The van der Waals surface area contributed by atoms with E-state index in [4.69, 9.17) is 4.74 Å². The zero-order valence-electron chi connectivity index (χ0n) is 14.7. The van der Waals surface area contributed by atoms with Crippen LogP contribution in [-0.4, -0.2) is 4.92 Å². The summed E-state index contributed by atoms with van der Waals surface area (Å²) in [5, 5.41) is 20.2. The van der Waals surface area contributed by atoms with E-state index in [-0.39, 0.29) is 23.4 Å². The Labute approximate surface area is 161 Å². The highest BCUT2D eigenvalue weighted by Gasteiger charge is 2.09. The van der Waals surface area contributed by atoms with Gasteiger partial charge in [0.25, 0.3) is 5.69 Å². The van der Waals surface area contributed by atoms with Gasteiger partial charge in [-0.15, -0.1) is 0 Å².